The molecule has 3 atom stereocenters. The molecule has 2 rings (SSSR count). The lowest BCUT2D eigenvalue weighted by atomic mass is 9.85. The summed E-state index contributed by atoms with van der Waals surface area (Å²) >= 11 is 0. The normalized spacial score (nSPS) is 25.1. The molecule has 20 heavy (non-hydrogen) atoms. The van der Waals surface area contributed by atoms with Gasteiger partial charge in [-0.3, -0.25) is 10.1 Å². The van der Waals surface area contributed by atoms with Gasteiger partial charge in [0.2, 0.25) is 5.82 Å². The number of nitro groups is 1. The molecule has 0 heterocycles. The van der Waals surface area contributed by atoms with E-state index in [2.05, 4.69) is 5.32 Å². The van der Waals surface area contributed by atoms with E-state index in [4.69, 9.17) is 9.47 Å². The minimum absolute atomic E-state index is 0.0942. The summed E-state index contributed by atoms with van der Waals surface area (Å²) in [5, 5.41) is 13.7. The predicted molar refractivity (Wildman–Crippen MR) is 70.3 cm³/mol. The molecule has 1 aromatic carbocycles. The van der Waals surface area contributed by atoms with Gasteiger partial charge in [-0.2, -0.15) is 4.39 Å². The Kier molecular flexibility index (Phi) is 4.51. The lowest BCUT2D eigenvalue weighted by Crippen LogP contribution is -2.60. The summed E-state index contributed by atoms with van der Waals surface area (Å²) in [6, 6.07) is 3.75. The summed E-state index contributed by atoms with van der Waals surface area (Å²) < 4.78 is 24.7. The number of rotatable bonds is 6. The molecule has 0 radical (unpaired) electrons. The summed E-state index contributed by atoms with van der Waals surface area (Å²) in [5.74, 6) is -0.623. The number of hydrogen-bond donors (Lipinski definition) is 1. The summed E-state index contributed by atoms with van der Waals surface area (Å²) in [6.45, 7) is 2.46. The van der Waals surface area contributed by atoms with Crippen LogP contribution >= 0.6 is 0 Å². The molecule has 1 fully saturated rings. The third-order valence-corrected chi connectivity index (χ3v) is 3.38. The molecule has 3 unspecified atom stereocenters. The Bertz CT molecular complexity index is 497. The number of nitro benzene ring substituents is 1. The SMILES string of the molecule is CCOC1C(NC)CC1Oc1ccc([N+](=O)[O-])c(F)c1. The van der Waals surface area contributed by atoms with Gasteiger partial charge in [0.1, 0.15) is 18.0 Å². The van der Waals surface area contributed by atoms with Crippen LogP contribution in [0.2, 0.25) is 0 Å². The van der Waals surface area contributed by atoms with Crippen molar-refractivity contribution in [1.82, 2.24) is 5.32 Å². The van der Waals surface area contributed by atoms with Crippen molar-refractivity contribution in [2.45, 2.75) is 31.6 Å². The van der Waals surface area contributed by atoms with Crippen molar-refractivity contribution in [3.8, 4) is 5.75 Å². The van der Waals surface area contributed by atoms with Crippen LogP contribution in [-0.4, -0.2) is 36.8 Å². The molecular formula is C13H17FN2O4. The fourth-order valence-electron chi connectivity index (χ4n) is 2.28. The molecule has 0 aliphatic heterocycles. The van der Waals surface area contributed by atoms with Crippen LogP contribution in [0.4, 0.5) is 10.1 Å². The van der Waals surface area contributed by atoms with Crippen LogP contribution in [0.15, 0.2) is 18.2 Å². The van der Waals surface area contributed by atoms with E-state index in [-0.39, 0.29) is 24.0 Å². The second-order valence-corrected chi connectivity index (χ2v) is 4.58. The van der Waals surface area contributed by atoms with E-state index in [1.54, 1.807) is 0 Å². The zero-order valence-electron chi connectivity index (χ0n) is 11.3. The maximum absolute atomic E-state index is 13.5. The Morgan fingerprint density at radius 3 is 2.85 bits per heavy atom. The number of ether oxygens (including phenoxy) is 2. The van der Waals surface area contributed by atoms with E-state index in [1.165, 1.54) is 6.07 Å². The van der Waals surface area contributed by atoms with Gasteiger partial charge in [0, 0.05) is 31.2 Å². The molecule has 1 N–H and O–H groups in total. The third kappa shape index (κ3) is 2.88. The highest BCUT2D eigenvalue weighted by Gasteiger charge is 2.42. The molecule has 0 amide bonds. The van der Waals surface area contributed by atoms with E-state index in [0.29, 0.717) is 6.61 Å². The number of likely N-dealkylation sites (N-methyl/N-ethyl adjacent to an activating group) is 1. The van der Waals surface area contributed by atoms with Crippen molar-refractivity contribution in [2.75, 3.05) is 13.7 Å². The van der Waals surface area contributed by atoms with Gasteiger partial charge in [-0.25, -0.2) is 0 Å². The van der Waals surface area contributed by atoms with E-state index >= 15 is 0 Å². The lowest BCUT2D eigenvalue weighted by Gasteiger charge is -2.43. The van der Waals surface area contributed by atoms with Crippen LogP contribution < -0.4 is 10.1 Å². The number of nitrogens with one attached hydrogen (secondary N) is 1. The zero-order valence-corrected chi connectivity index (χ0v) is 11.3. The van der Waals surface area contributed by atoms with Gasteiger partial charge in [0.25, 0.3) is 0 Å². The summed E-state index contributed by atoms with van der Waals surface area (Å²) in [4.78, 5) is 9.78. The van der Waals surface area contributed by atoms with Crippen molar-refractivity contribution in [3.63, 3.8) is 0 Å². The first-order valence-electron chi connectivity index (χ1n) is 6.46. The van der Waals surface area contributed by atoms with Crippen molar-refractivity contribution >= 4 is 5.69 Å². The van der Waals surface area contributed by atoms with Gasteiger partial charge in [-0.1, -0.05) is 0 Å². The Morgan fingerprint density at radius 2 is 2.30 bits per heavy atom. The smallest absolute Gasteiger partial charge is 0.305 e. The van der Waals surface area contributed by atoms with E-state index in [0.717, 1.165) is 18.6 Å². The summed E-state index contributed by atoms with van der Waals surface area (Å²) in [7, 11) is 1.85. The highest BCUT2D eigenvalue weighted by atomic mass is 19.1. The molecular weight excluding hydrogens is 267 g/mol. The van der Waals surface area contributed by atoms with Crippen molar-refractivity contribution < 1.29 is 18.8 Å². The van der Waals surface area contributed by atoms with Gasteiger partial charge in [0.05, 0.1) is 4.92 Å². The number of halogens is 1. The van der Waals surface area contributed by atoms with E-state index in [9.17, 15) is 14.5 Å². The van der Waals surface area contributed by atoms with Crippen LogP contribution in [0.1, 0.15) is 13.3 Å². The van der Waals surface area contributed by atoms with Crippen molar-refractivity contribution in [3.05, 3.63) is 34.1 Å². The molecule has 1 saturated carbocycles. The van der Waals surface area contributed by atoms with Crippen LogP contribution in [0.25, 0.3) is 0 Å². The molecule has 0 bridgehead atoms. The van der Waals surface area contributed by atoms with Gasteiger partial charge in [-0.05, 0) is 20.0 Å². The predicted octanol–water partition coefficient (Wildman–Crippen LogP) is 1.88. The van der Waals surface area contributed by atoms with Gasteiger partial charge in [-0.15, -0.1) is 0 Å². The first-order valence-corrected chi connectivity index (χ1v) is 6.46. The molecule has 7 heteroatoms. The molecule has 6 nitrogen and oxygen atoms in total. The lowest BCUT2D eigenvalue weighted by molar-refractivity contribution is -0.387. The highest BCUT2D eigenvalue weighted by molar-refractivity contribution is 5.38. The topological polar surface area (TPSA) is 73.6 Å². The minimum Gasteiger partial charge on any atom is -0.487 e. The molecule has 1 aliphatic rings. The fraction of sp³-hybridized carbons (Fsp3) is 0.538. The monoisotopic (exact) mass is 284 g/mol. The van der Waals surface area contributed by atoms with Crippen LogP contribution in [0, 0.1) is 15.9 Å². The van der Waals surface area contributed by atoms with Crippen LogP contribution in [0.5, 0.6) is 5.75 Å². The Hall–Kier alpha value is -1.73. The quantitative estimate of drug-likeness (QED) is 0.637. The van der Waals surface area contributed by atoms with E-state index < -0.39 is 16.4 Å². The van der Waals surface area contributed by atoms with Gasteiger partial charge >= 0.3 is 5.69 Å². The van der Waals surface area contributed by atoms with Crippen LogP contribution in [0.3, 0.4) is 0 Å². The second kappa shape index (κ2) is 6.15. The van der Waals surface area contributed by atoms with E-state index in [1.807, 2.05) is 14.0 Å². The minimum atomic E-state index is -0.898. The summed E-state index contributed by atoms with van der Waals surface area (Å²) in [5.41, 5.74) is -0.555. The zero-order chi connectivity index (χ0) is 14.7. The van der Waals surface area contributed by atoms with Crippen molar-refractivity contribution in [2.24, 2.45) is 0 Å². The average molecular weight is 284 g/mol. The molecule has 0 spiro atoms. The van der Waals surface area contributed by atoms with Crippen molar-refractivity contribution in [1.29, 1.82) is 0 Å². The summed E-state index contributed by atoms with van der Waals surface area (Å²) in [6.07, 6.45) is 0.483. The molecule has 0 aromatic heterocycles. The molecule has 110 valence electrons. The highest BCUT2D eigenvalue weighted by Crippen LogP contribution is 2.30. The number of hydrogen-bond acceptors (Lipinski definition) is 5. The molecule has 1 aromatic rings. The Balaban J connectivity index is 2.03. The van der Waals surface area contributed by atoms with Gasteiger partial charge < -0.3 is 14.8 Å². The first-order chi connectivity index (χ1) is 9.56. The largest absolute Gasteiger partial charge is 0.487 e. The van der Waals surface area contributed by atoms with Crippen LogP contribution in [-0.2, 0) is 4.74 Å². The first kappa shape index (κ1) is 14.7. The third-order valence-electron chi connectivity index (χ3n) is 3.38. The maximum Gasteiger partial charge on any atom is 0.305 e. The van der Waals surface area contributed by atoms with Gasteiger partial charge in [0.15, 0.2) is 0 Å². The standard InChI is InChI=1S/C13H17FN2O4/c1-3-19-13-10(15-2)7-12(13)20-8-4-5-11(16(17)18)9(14)6-8/h4-6,10,12-13,15H,3,7H2,1-2H3. The Morgan fingerprint density at radius 1 is 1.55 bits per heavy atom. The number of benzene rings is 1. The number of nitrogens with zero attached hydrogens (tertiary/aromatic N) is 1. The molecule has 1 aliphatic carbocycles. The maximum atomic E-state index is 13.5. The average Bonchev–Trinajstić information content (AvgIpc) is 2.40. The Labute approximate surface area is 116 Å². The molecule has 0 saturated heterocycles. The fourth-order valence-corrected chi connectivity index (χ4v) is 2.28. The second-order valence-electron chi connectivity index (χ2n) is 4.58.